The van der Waals surface area contributed by atoms with Crippen molar-refractivity contribution in [1.29, 1.82) is 0 Å². The van der Waals surface area contributed by atoms with Crippen LogP contribution >= 0.6 is 11.8 Å². The molecule has 10 nitrogen and oxygen atoms in total. The molecule has 0 aliphatic carbocycles. The summed E-state index contributed by atoms with van der Waals surface area (Å²) in [5.74, 6) is -0.876. The topological polar surface area (TPSA) is 117 Å². The average Bonchev–Trinajstić information content (AvgIpc) is 2.91. The van der Waals surface area contributed by atoms with E-state index in [1.54, 1.807) is 18.5 Å². The SMILES string of the molecule is CCOC(=O)CNC(=O)CSc1nc2c(c(=O)n(C)c(=O)n2C)n1C. The second-order valence-electron chi connectivity index (χ2n) is 5.20. The Labute approximate surface area is 146 Å². The quantitative estimate of drug-likeness (QED) is 0.499. The fourth-order valence-corrected chi connectivity index (χ4v) is 2.99. The molecule has 2 aromatic rings. The first kappa shape index (κ1) is 18.8. The molecule has 1 N–H and O–H groups in total. The maximum absolute atomic E-state index is 12.3. The number of fused-ring (bicyclic) bond motifs is 1. The molecule has 2 rings (SSSR count). The normalized spacial score (nSPS) is 10.9. The number of hydrogen-bond acceptors (Lipinski definition) is 7. The Kier molecular flexibility index (Phi) is 5.67. The molecule has 0 spiro atoms. The monoisotopic (exact) mass is 369 g/mol. The molecule has 0 aliphatic heterocycles. The van der Waals surface area contributed by atoms with Gasteiger partial charge in [0.2, 0.25) is 5.91 Å². The number of aryl methyl sites for hydroxylation is 2. The molecule has 0 saturated carbocycles. The number of thioether (sulfide) groups is 1. The van der Waals surface area contributed by atoms with Crippen molar-refractivity contribution in [2.24, 2.45) is 21.1 Å². The van der Waals surface area contributed by atoms with Gasteiger partial charge in [-0.05, 0) is 6.92 Å². The highest BCUT2D eigenvalue weighted by Crippen LogP contribution is 2.19. The molecule has 0 bridgehead atoms. The smallest absolute Gasteiger partial charge is 0.332 e. The molecule has 0 radical (unpaired) electrons. The van der Waals surface area contributed by atoms with Crippen molar-refractivity contribution in [1.82, 2.24) is 24.0 Å². The summed E-state index contributed by atoms with van der Waals surface area (Å²) in [5.41, 5.74) is -0.393. The Morgan fingerprint density at radius 3 is 2.48 bits per heavy atom. The van der Waals surface area contributed by atoms with Gasteiger partial charge in [0.05, 0.1) is 12.4 Å². The number of rotatable bonds is 6. The highest BCUT2D eigenvalue weighted by atomic mass is 32.2. The molecule has 25 heavy (non-hydrogen) atoms. The summed E-state index contributed by atoms with van der Waals surface area (Å²) in [6.45, 7) is 1.72. The van der Waals surface area contributed by atoms with Gasteiger partial charge in [0, 0.05) is 21.1 Å². The maximum Gasteiger partial charge on any atom is 0.332 e. The molecule has 0 aromatic carbocycles. The van der Waals surface area contributed by atoms with Gasteiger partial charge in [-0.15, -0.1) is 0 Å². The lowest BCUT2D eigenvalue weighted by Gasteiger charge is -2.05. The predicted molar refractivity (Wildman–Crippen MR) is 91.6 cm³/mol. The molecule has 0 atom stereocenters. The van der Waals surface area contributed by atoms with Crippen LogP contribution in [0, 0.1) is 0 Å². The Morgan fingerprint density at radius 2 is 1.84 bits per heavy atom. The van der Waals surface area contributed by atoms with E-state index in [0.717, 1.165) is 16.3 Å². The Morgan fingerprint density at radius 1 is 1.16 bits per heavy atom. The van der Waals surface area contributed by atoms with Crippen molar-refractivity contribution in [3.63, 3.8) is 0 Å². The molecular weight excluding hydrogens is 350 g/mol. The van der Waals surface area contributed by atoms with Crippen molar-refractivity contribution in [3.05, 3.63) is 20.8 Å². The number of hydrogen-bond donors (Lipinski definition) is 1. The number of nitrogens with one attached hydrogen (secondary N) is 1. The zero-order valence-electron chi connectivity index (χ0n) is 14.4. The van der Waals surface area contributed by atoms with E-state index in [4.69, 9.17) is 4.74 Å². The van der Waals surface area contributed by atoms with Crippen LogP contribution in [0.1, 0.15) is 6.92 Å². The first-order chi connectivity index (χ1) is 11.8. The summed E-state index contributed by atoms with van der Waals surface area (Å²) in [7, 11) is 4.56. The molecule has 11 heteroatoms. The van der Waals surface area contributed by atoms with Crippen molar-refractivity contribution in [2.45, 2.75) is 12.1 Å². The summed E-state index contributed by atoms with van der Waals surface area (Å²) in [4.78, 5) is 51.5. The molecule has 1 amide bonds. The second-order valence-corrected chi connectivity index (χ2v) is 6.14. The molecular formula is C14H19N5O5S. The summed E-state index contributed by atoms with van der Waals surface area (Å²) < 4.78 is 8.54. The lowest BCUT2D eigenvalue weighted by Crippen LogP contribution is -2.37. The van der Waals surface area contributed by atoms with E-state index in [1.807, 2.05) is 0 Å². The van der Waals surface area contributed by atoms with Gasteiger partial charge in [-0.2, -0.15) is 0 Å². The molecule has 0 aliphatic rings. The molecule has 0 saturated heterocycles. The summed E-state index contributed by atoms with van der Waals surface area (Å²) in [6, 6.07) is 0. The minimum atomic E-state index is -0.512. The maximum atomic E-state index is 12.3. The Bertz CT molecular complexity index is 942. The standard InChI is InChI=1S/C14H19N5O5S/c1-5-24-9(21)6-15-8(20)7-25-13-16-11-10(17(13)2)12(22)19(4)14(23)18(11)3/h5-7H2,1-4H3,(H,15,20). The van der Waals surface area contributed by atoms with E-state index in [-0.39, 0.29) is 36.0 Å². The number of aromatic nitrogens is 4. The first-order valence-corrected chi connectivity index (χ1v) is 8.44. The van der Waals surface area contributed by atoms with E-state index in [0.29, 0.717) is 5.16 Å². The van der Waals surface area contributed by atoms with Gasteiger partial charge in [0.1, 0.15) is 6.54 Å². The summed E-state index contributed by atoms with van der Waals surface area (Å²) in [5, 5.41) is 2.86. The van der Waals surface area contributed by atoms with Gasteiger partial charge in [0.15, 0.2) is 16.3 Å². The van der Waals surface area contributed by atoms with E-state index in [2.05, 4.69) is 10.3 Å². The molecule has 2 heterocycles. The lowest BCUT2D eigenvalue weighted by molar-refractivity contribution is -0.143. The minimum absolute atomic E-state index is 0.00479. The van der Waals surface area contributed by atoms with Crippen LogP contribution in [0.5, 0.6) is 0 Å². The van der Waals surface area contributed by atoms with Crippen LogP contribution in [0.25, 0.3) is 11.2 Å². The number of ether oxygens (including phenoxy) is 1. The van der Waals surface area contributed by atoms with Crippen LogP contribution in [0.15, 0.2) is 14.7 Å². The van der Waals surface area contributed by atoms with E-state index >= 15 is 0 Å². The average molecular weight is 369 g/mol. The highest BCUT2D eigenvalue weighted by Gasteiger charge is 2.18. The van der Waals surface area contributed by atoms with Gasteiger partial charge < -0.3 is 14.6 Å². The molecule has 2 aromatic heterocycles. The van der Waals surface area contributed by atoms with Crippen LogP contribution < -0.4 is 16.6 Å². The van der Waals surface area contributed by atoms with Crippen LogP contribution in [0.4, 0.5) is 0 Å². The van der Waals surface area contributed by atoms with Crippen LogP contribution in [-0.4, -0.2) is 49.5 Å². The van der Waals surface area contributed by atoms with Gasteiger partial charge in [-0.3, -0.25) is 23.5 Å². The summed E-state index contributed by atoms with van der Waals surface area (Å²) in [6.07, 6.45) is 0. The lowest BCUT2D eigenvalue weighted by atomic mass is 10.5. The second kappa shape index (κ2) is 7.55. The van der Waals surface area contributed by atoms with Crippen LogP contribution in [-0.2, 0) is 35.5 Å². The fourth-order valence-electron chi connectivity index (χ4n) is 2.19. The first-order valence-electron chi connectivity index (χ1n) is 7.45. The highest BCUT2D eigenvalue weighted by molar-refractivity contribution is 7.99. The van der Waals surface area contributed by atoms with E-state index < -0.39 is 17.2 Å². The largest absolute Gasteiger partial charge is 0.465 e. The number of imidazole rings is 1. The van der Waals surface area contributed by atoms with Crippen molar-refractivity contribution in [3.8, 4) is 0 Å². The van der Waals surface area contributed by atoms with E-state index in [1.165, 1.54) is 18.7 Å². The van der Waals surface area contributed by atoms with Crippen LogP contribution in [0.2, 0.25) is 0 Å². The molecule has 0 fully saturated rings. The third-order valence-electron chi connectivity index (χ3n) is 3.50. The zero-order valence-corrected chi connectivity index (χ0v) is 15.2. The number of nitrogens with zero attached hydrogens (tertiary/aromatic N) is 4. The summed E-state index contributed by atoms with van der Waals surface area (Å²) >= 11 is 1.10. The van der Waals surface area contributed by atoms with E-state index in [9.17, 15) is 19.2 Å². The zero-order chi connectivity index (χ0) is 18.7. The van der Waals surface area contributed by atoms with Crippen LogP contribution in [0.3, 0.4) is 0 Å². The van der Waals surface area contributed by atoms with Gasteiger partial charge in [-0.1, -0.05) is 11.8 Å². The van der Waals surface area contributed by atoms with Gasteiger partial charge in [-0.25, -0.2) is 9.78 Å². The van der Waals surface area contributed by atoms with Crippen molar-refractivity contribution in [2.75, 3.05) is 18.9 Å². The number of esters is 1. The molecule has 136 valence electrons. The Hall–Kier alpha value is -2.56. The number of amides is 1. The fraction of sp³-hybridized carbons (Fsp3) is 0.500. The van der Waals surface area contributed by atoms with Gasteiger partial charge >= 0.3 is 11.7 Å². The third kappa shape index (κ3) is 3.76. The Balaban J connectivity index is 2.16. The number of carbonyl (C=O) groups is 2. The predicted octanol–water partition coefficient (Wildman–Crippen LogP) is -1.26. The number of carbonyl (C=O) groups excluding carboxylic acids is 2. The van der Waals surface area contributed by atoms with Gasteiger partial charge in [0.25, 0.3) is 5.56 Å². The third-order valence-corrected chi connectivity index (χ3v) is 4.53. The van der Waals surface area contributed by atoms with Crippen molar-refractivity contribution < 1.29 is 14.3 Å². The molecule has 0 unspecified atom stereocenters. The minimum Gasteiger partial charge on any atom is -0.465 e. The van der Waals surface area contributed by atoms with Crippen molar-refractivity contribution >= 4 is 34.8 Å².